The molecule has 1 aliphatic heterocycles. The Morgan fingerprint density at radius 3 is 2.52 bits per heavy atom. The Morgan fingerprint density at radius 2 is 2.00 bits per heavy atom. The van der Waals surface area contributed by atoms with Crippen LogP contribution in [0.1, 0.15) is 23.2 Å². The average Bonchev–Trinajstić information content (AvgIpc) is 2.46. The number of aromatic nitrogens is 1. The lowest BCUT2D eigenvalue weighted by Gasteiger charge is -2.35. The van der Waals surface area contributed by atoms with Crippen LogP contribution in [-0.4, -0.2) is 67.4 Å². The fourth-order valence-electron chi connectivity index (χ4n) is 2.42. The SMILES string of the molecule is CN(CC1(O)CCOCC1)C(=O)c1ccc(N(C)C)nc1. The monoisotopic (exact) mass is 293 g/mol. The number of hydrogen-bond donors (Lipinski definition) is 1. The van der Waals surface area contributed by atoms with Gasteiger partial charge in [0, 0.05) is 59.9 Å². The lowest BCUT2D eigenvalue weighted by atomic mass is 9.94. The highest BCUT2D eigenvalue weighted by Gasteiger charge is 2.32. The summed E-state index contributed by atoms with van der Waals surface area (Å²) in [5.41, 5.74) is -0.321. The van der Waals surface area contributed by atoms with Crippen LogP contribution in [0.4, 0.5) is 5.82 Å². The van der Waals surface area contributed by atoms with E-state index in [4.69, 9.17) is 4.74 Å². The minimum absolute atomic E-state index is 0.132. The average molecular weight is 293 g/mol. The lowest BCUT2D eigenvalue weighted by Crippen LogP contribution is -2.47. The minimum Gasteiger partial charge on any atom is -0.388 e. The highest BCUT2D eigenvalue weighted by molar-refractivity contribution is 5.94. The van der Waals surface area contributed by atoms with Crippen LogP contribution in [0.25, 0.3) is 0 Å². The number of rotatable bonds is 4. The number of ether oxygens (including phenoxy) is 1. The Morgan fingerprint density at radius 1 is 1.33 bits per heavy atom. The summed E-state index contributed by atoms with van der Waals surface area (Å²) >= 11 is 0. The molecule has 2 rings (SSSR count). The van der Waals surface area contributed by atoms with Crippen LogP contribution in [0.15, 0.2) is 18.3 Å². The lowest BCUT2D eigenvalue weighted by molar-refractivity contribution is -0.0734. The highest BCUT2D eigenvalue weighted by atomic mass is 16.5. The van der Waals surface area contributed by atoms with Crippen LogP contribution < -0.4 is 4.90 Å². The van der Waals surface area contributed by atoms with Gasteiger partial charge >= 0.3 is 0 Å². The van der Waals surface area contributed by atoms with Crippen molar-refractivity contribution < 1.29 is 14.6 Å². The van der Waals surface area contributed by atoms with Crippen LogP contribution in [0.3, 0.4) is 0 Å². The second-order valence-corrected chi connectivity index (χ2v) is 5.80. The third kappa shape index (κ3) is 3.92. The first-order valence-corrected chi connectivity index (χ1v) is 7.10. The smallest absolute Gasteiger partial charge is 0.255 e. The number of hydrogen-bond acceptors (Lipinski definition) is 5. The number of nitrogens with zero attached hydrogens (tertiary/aromatic N) is 3. The Hall–Kier alpha value is -1.66. The molecule has 0 aliphatic carbocycles. The van der Waals surface area contributed by atoms with Gasteiger partial charge in [-0.2, -0.15) is 0 Å². The summed E-state index contributed by atoms with van der Waals surface area (Å²) in [7, 11) is 5.50. The molecule has 1 saturated heterocycles. The Labute approximate surface area is 125 Å². The zero-order chi connectivity index (χ0) is 15.5. The number of carbonyl (C=O) groups is 1. The van der Waals surface area contributed by atoms with Crippen molar-refractivity contribution in [3.63, 3.8) is 0 Å². The summed E-state index contributed by atoms with van der Waals surface area (Å²) in [4.78, 5) is 20.0. The molecule has 0 radical (unpaired) electrons. The maximum absolute atomic E-state index is 12.4. The maximum Gasteiger partial charge on any atom is 0.255 e. The van der Waals surface area contributed by atoms with E-state index in [1.165, 1.54) is 0 Å². The van der Waals surface area contributed by atoms with Crippen molar-refractivity contribution in [2.75, 3.05) is 45.8 Å². The number of aliphatic hydroxyl groups is 1. The van der Waals surface area contributed by atoms with Crippen molar-refractivity contribution in [3.05, 3.63) is 23.9 Å². The molecule has 1 aromatic heterocycles. The molecule has 6 nitrogen and oxygen atoms in total. The zero-order valence-corrected chi connectivity index (χ0v) is 12.9. The second kappa shape index (κ2) is 6.41. The van der Waals surface area contributed by atoms with Gasteiger partial charge in [-0.15, -0.1) is 0 Å². The van der Waals surface area contributed by atoms with E-state index in [9.17, 15) is 9.90 Å². The molecule has 6 heteroatoms. The van der Waals surface area contributed by atoms with Gasteiger partial charge in [-0.25, -0.2) is 4.98 Å². The maximum atomic E-state index is 12.4. The molecule has 0 saturated carbocycles. The first kappa shape index (κ1) is 15.7. The first-order valence-electron chi connectivity index (χ1n) is 7.10. The summed E-state index contributed by atoms with van der Waals surface area (Å²) in [6.07, 6.45) is 2.69. The second-order valence-electron chi connectivity index (χ2n) is 5.80. The quantitative estimate of drug-likeness (QED) is 0.888. The highest BCUT2D eigenvalue weighted by Crippen LogP contribution is 2.22. The van der Waals surface area contributed by atoms with E-state index in [2.05, 4.69) is 4.98 Å². The van der Waals surface area contributed by atoms with Gasteiger partial charge in [0.1, 0.15) is 5.82 Å². The van der Waals surface area contributed by atoms with Gasteiger partial charge in [0.05, 0.1) is 11.2 Å². The van der Waals surface area contributed by atoms with E-state index in [0.717, 1.165) is 5.82 Å². The van der Waals surface area contributed by atoms with Crippen LogP contribution in [-0.2, 0) is 4.74 Å². The number of anilines is 1. The van der Waals surface area contributed by atoms with Crippen LogP contribution in [0.5, 0.6) is 0 Å². The fourth-order valence-corrected chi connectivity index (χ4v) is 2.42. The van der Waals surface area contributed by atoms with Gasteiger partial charge in [-0.05, 0) is 12.1 Å². The van der Waals surface area contributed by atoms with E-state index in [0.29, 0.717) is 38.2 Å². The molecule has 0 spiro atoms. The minimum atomic E-state index is -0.848. The topological polar surface area (TPSA) is 65.9 Å². The number of likely N-dealkylation sites (N-methyl/N-ethyl adjacent to an activating group) is 1. The summed E-state index contributed by atoms with van der Waals surface area (Å²) in [6, 6.07) is 3.57. The molecule has 0 unspecified atom stereocenters. The Balaban J connectivity index is 2.01. The summed E-state index contributed by atoms with van der Waals surface area (Å²) in [6.45, 7) is 1.39. The van der Waals surface area contributed by atoms with Crippen LogP contribution in [0.2, 0.25) is 0 Å². The van der Waals surface area contributed by atoms with E-state index < -0.39 is 5.60 Å². The molecule has 1 fully saturated rings. The normalized spacial score (nSPS) is 17.3. The molecule has 1 aliphatic rings. The van der Waals surface area contributed by atoms with Gasteiger partial charge in [0.2, 0.25) is 0 Å². The largest absolute Gasteiger partial charge is 0.388 e. The number of amides is 1. The van der Waals surface area contributed by atoms with Gasteiger partial charge in [0.15, 0.2) is 0 Å². The Bertz CT molecular complexity index is 481. The summed E-state index contributed by atoms with van der Waals surface area (Å²) < 4.78 is 5.25. The summed E-state index contributed by atoms with van der Waals surface area (Å²) in [5, 5.41) is 10.5. The van der Waals surface area contributed by atoms with E-state index in [1.807, 2.05) is 25.1 Å². The molecule has 116 valence electrons. The molecule has 0 aromatic carbocycles. The fraction of sp³-hybridized carbons (Fsp3) is 0.600. The molecule has 1 N–H and O–H groups in total. The molecule has 1 aromatic rings. The van der Waals surface area contributed by atoms with Gasteiger partial charge in [-0.3, -0.25) is 4.79 Å². The van der Waals surface area contributed by atoms with E-state index in [1.54, 1.807) is 24.2 Å². The summed E-state index contributed by atoms with van der Waals surface area (Å²) in [5.74, 6) is 0.671. The van der Waals surface area contributed by atoms with Gasteiger partial charge in [-0.1, -0.05) is 0 Å². The number of pyridine rings is 1. The molecule has 21 heavy (non-hydrogen) atoms. The molecule has 0 atom stereocenters. The van der Waals surface area contributed by atoms with Crippen molar-refractivity contribution >= 4 is 11.7 Å². The molecule has 1 amide bonds. The predicted octanol–water partition coefficient (Wildman–Crippen LogP) is 0.761. The van der Waals surface area contributed by atoms with Gasteiger partial charge < -0.3 is 19.6 Å². The predicted molar refractivity (Wildman–Crippen MR) is 80.5 cm³/mol. The molecule has 2 heterocycles. The van der Waals surface area contributed by atoms with Gasteiger partial charge in [0.25, 0.3) is 5.91 Å². The third-order valence-electron chi connectivity index (χ3n) is 3.75. The molecule has 0 bridgehead atoms. The van der Waals surface area contributed by atoms with E-state index >= 15 is 0 Å². The Kier molecular flexibility index (Phi) is 4.80. The van der Waals surface area contributed by atoms with Crippen molar-refractivity contribution in [2.45, 2.75) is 18.4 Å². The first-order chi connectivity index (χ1) is 9.91. The number of carbonyl (C=O) groups excluding carboxylic acids is 1. The molecular formula is C15H23N3O3. The van der Waals surface area contributed by atoms with Crippen molar-refractivity contribution in [2.24, 2.45) is 0 Å². The van der Waals surface area contributed by atoms with Crippen LogP contribution in [0, 0.1) is 0 Å². The van der Waals surface area contributed by atoms with Crippen LogP contribution >= 0.6 is 0 Å². The van der Waals surface area contributed by atoms with Crippen molar-refractivity contribution in [1.82, 2.24) is 9.88 Å². The standard InChI is InChI=1S/C15H23N3O3/c1-17(2)13-5-4-12(10-16-13)14(19)18(3)11-15(20)6-8-21-9-7-15/h4-5,10,20H,6-9,11H2,1-3H3. The third-order valence-corrected chi connectivity index (χ3v) is 3.75. The van der Waals surface area contributed by atoms with Crippen molar-refractivity contribution in [3.8, 4) is 0 Å². The zero-order valence-electron chi connectivity index (χ0n) is 12.9. The van der Waals surface area contributed by atoms with E-state index in [-0.39, 0.29) is 5.91 Å². The van der Waals surface area contributed by atoms with Crippen molar-refractivity contribution in [1.29, 1.82) is 0 Å². The molecular weight excluding hydrogens is 270 g/mol.